The molecule has 0 radical (unpaired) electrons. The first-order valence-electron chi connectivity index (χ1n) is 10.7. The van der Waals surface area contributed by atoms with E-state index in [2.05, 4.69) is 48.8 Å². The molecule has 178 valence electrons. The summed E-state index contributed by atoms with van der Waals surface area (Å²) in [4.78, 5) is 4.76. The Bertz CT molecular complexity index is 889. The van der Waals surface area contributed by atoms with Crippen LogP contribution in [-0.4, -0.2) is 67.1 Å². The number of aliphatic hydroxyl groups is 1. The molecule has 2 aliphatic rings. The van der Waals surface area contributed by atoms with Crippen molar-refractivity contribution >= 4 is 24.8 Å². The van der Waals surface area contributed by atoms with Crippen LogP contribution in [0, 0.1) is 20.8 Å². The summed E-state index contributed by atoms with van der Waals surface area (Å²) in [6.45, 7) is 12.3. The molecule has 2 aromatic carbocycles. The molecule has 1 atom stereocenters. The van der Waals surface area contributed by atoms with Crippen molar-refractivity contribution < 1.29 is 19.3 Å². The Kier molecular flexibility index (Phi) is 9.92. The zero-order valence-electron chi connectivity index (χ0n) is 19.0. The second kappa shape index (κ2) is 12.0. The summed E-state index contributed by atoms with van der Waals surface area (Å²) in [6, 6.07) is 10.4. The van der Waals surface area contributed by atoms with Crippen LogP contribution in [0.2, 0.25) is 0 Å². The Morgan fingerprint density at radius 3 is 2.38 bits per heavy atom. The first-order valence-corrected chi connectivity index (χ1v) is 10.7. The van der Waals surface area contributed by atoms with Gasteiger partial charge in [0.2, 0.25) is 6.79 Å². The number of benzene rings is 2. The molecule has 0 spiro atoms. The number of fused-ring (bicyclic) bond motifs is 1. The molecule has 2 aliphatic heterocycles. The van der Waals surface area contributed by atoms with Gasteiger partial charge in [-0.3, -0.25) is 9.80 Å². The molecule has 1 unspecified atom stereocenters. The quantitative estimate of drug-likeness (QED) is 0.645. The first-order chi connectivity index (χ1) is 14.5. The Balaban J connectivity index is 0.00000181. The molecule has 4 rings (SSSR count). The van der Waals surface area contributed by atoms with Gasteiger partial charge < -0.3 is 19.3 Å². The Labute approximate surface area is 203 Å². The average Bonchev–Trinajstić information content (AvgIpc) is 3.19. The molecule has 1 N–H and O–H groups in total. The maximum Gasteiger partial charge on any atom is 0.231 e. The number of aliphatic hydroxyl groups excluding tert-OH is 1. The van der Waals surface area contributed by atoms with Crippen molar-refractivity contribution in [2.24, 2.45) is 0 Å². The molecule has 0 bridgehead atoms. The molecule has 1 saturated heterocycles. The summed E-state index contributed by atoms with van der Waals surface area (Å²) >= 11 is 0. The van der Waals surface area contributed by atoms with Gasteiger partial charge in [0.1, 0.15) is 18.5 Å². The van der Waals surface area contributed by atoms with E-state index in [9.17, 15) is 5.11 Å². The van der Waals surface area contributed by atoms with E-state index in [1.807, 2.05) is 12.1 Å². The number of hydrogen-bond donors (Lipinski definition) is 1. The van der Waals surface area contributed by atoms with Crippen LogP contribution in [0.15, 0.2) is 30.3 Å². The molecule has 2 aromatic rings. The number of halogens is 2. The van der Waals surface area contributed by atoms with Crippen molar-refractivity contribution in [3.63, 3.8) is 0 Å². The summed E-state index contributed by atoms with van der Waals surface area (Å²) in [6.07, 6.45) is -0.495. The standard InChI is InChI=1S/C24H32N2O4.2ClH/c1-17-10-18(2)19(3)23(11-17)28-15-21(27)14-26-8-6-25(7-9-26)13-20-4-5-22-24(12-20)30-16-29-22;;/h4-5,10-12,21,27H,6-9,13-16H2,1-3H3;2*1H. The number of aryl methyl sites for hydroxylation is 2. The van der Waals surface area contributed by atoms with Crippen LogP contribution in [0.3, 0.4) is 0 Å². The average molecular weight is 485 g/mol. The number of hydrogen-bond acceptors (Lipinski definition) is 6. The summed E-state index contributed by atoms with van der Waals surface area (Å²) in [5.74, 6) is 2.55. The van der Waals surface area contributed by atoms with Crippen LogP contribution in [-0.2, 0) is 6.54 Å². The fourth-order valence-electron chi connectivity index (χ4n) is 4.11. The van der Waals surface area contributed by atoms with E-state index in [4.69, 9.17) is 14.2 Å². The van der Waals surface area contributed by atoms with Gasteiger partial charge in [-0.2, -0.15) is 0 Å². The SMILES string of the molecule is Cc1cc(C)c(C)c(OCC(O)CN2CCN(Cc3ccc4c(c3)OCO4)CC2)c1.Cl.Cl. The summed E-state index contributed by atoms with van der Waals surface area (Å²) in [7, 11) is 0. The highest BCUT2D eigenvalue weighted by Gasteiger charge is 2.21. The number of β-amino-alcohol motifs (C(OH)–C–C–N with tert-alkyl or cyclic N) is 1. The number of ether oxygens (including phenoxy) is 3. The van der Waals surface area contributed by atoms with Gasteiger partial charge in [0.15, 0.2) is 11.5 Å². The monoisotopic (exact) mass is 484 g/mol. The maximum atomic E-state index is 10.5. The van der Waals surface area contributed by atoms with Gasteiger partial charge >= 0.3 is 0 Å². The maximum absolute atomic E-state index is 10.5. The minimum atomic E-state index is -0.495. The third-order valence-corrected chi connectivity index (χ3v) is 5.97. The van der Waals surface area contributed by atoms with Crippen LogP contribution < -0.4 is 14.2 Å². The predicted octanol–water partition coefficient (Wildman–Crippen LogP) is 3.74. The van der Waals surface area contributed by atoms with Gasteiger partial charge in [0.25, 0.3) is 0 Å². The molecule has 0 aliphatic carbocycles. The second-order valence-corrected chi connectivity index (χ2v) is 8.43. The lowest BCUT2D eigenvalue weighted by Gasteiger charge is -2.35. The Morgan fingerprint density at radius 2 is 1.62 bits per heavy atom. The molecular weight excluding hydrogens is 451 g/mol. The zero-order chi connectivity index (χ0) is 21.1. The lowest BCUT2D eigenvalue weighted by atomic mass is 10.1. The topological polar surface area (TPSA) is 54.4 Å². The van der Waals surface area contributed by atoms with Crippen molar-refractivity contribution in [3.05, 3.63) is 52.6 Å². The largest absolute Gasteiger partial charge is 0.491 e. The van der Waals surface area contributed by atoms with E-state index in [0.717, 1.165) is 55.5 Å². The molecule has 0 aromatic heterocycles. The van der Waals surface area contributed by atoms with Crippen molar-refractivity contribution in [2.45, 2.75) is 33.4 Å². The van der Waals surface area contributed by atoms with Gasteiger partial charge in [-0.05, 0) is 61.2 Å². The summed E-state index contributed by atoms with van der Waals surface area (Å²) in [5.41, 5.74) is 4.79. The van der Waals surface area contributed by atoms with E-state index >= 15 is 0 Å². The predicted molar refractivity (Wildman–Crippen MR) is 131 cm³/mol. The highest BCUT2D eigenvalue weighted by molar-refractivity contribution is 5.85. The fraction of sp³-hybridized carbons (Fsp3) is 0.500. The first kappa shape index (κ1) is 26.6. The van der Waals surface area contributed by atoms with E-state index in [-0.39, 0.29) is 24.8 Å². The van der Waals surface area contributed by atoms with E-state index in [1.54, 1.807) is 0 Å². The molecule has 32 heavy (non-hydrogen) atoms. The zero-order valence-corrected chi connectivity index (χ0v) is 20.6. The molecule has 1 fully saturated rings. The molecule has 2 heterocycles. The summed E-state index contributed by atoms with van der Waals surface area (Å²) in [5, 5.41) is 10.5. The van der Waals surface area contributed by atoms with E-state index < -0.39 is 6.10 Å². The van der Waals surface area contributed by atoms with Crippen LogP contribution in [0.25, 0.3) is 0 Å². The smallest absolute Gasteiger partial charge is 0.231 e. The molecular formula is C24H34Cl2N2O4. The van der Waals surface area contributed by atoms with Crippen molar-refractivity contribution in [1.29, 1.82) is 0 Å². The molecule has 6 nitrogen and oxygen atoms in total. The van der Waals surface area contributed by atoms with Crippen LogP contribution in [0.4, 0.5) is 0 Å². The normalized spacial score (nSPS) is 16.8. The third kappa shape index (κ3) is 6.65. The van der Waals surface area contributed by atoms with Gasteiger partial charge in [-0.25, -0.2) is 0 Å². The van der Waals surface area contributed by atoms with Gasteiger partial charge in [0.05, 0.1) is 0 Å². The molecule has 0 saturated carbocycles. The lowest BCUT2D eigenvalue weighted by Crippen LogP contribution is -2.48. The van der Waals surface area contributed by atoms with Crippen LogP contribution >= 0.6 is 24.8 Å². The van der Waals surface area contributed by atoms with Crippen molar-refractivity contribution in [1.82, 2.24) is 9.80 Å². The van der Waals surface area contributed by atoms with Gasteiger partial charge in [-0.1, -0.05) is 12.1 Å². The van der Waals surface area contributed by atoms with Crippen LogP contribution in [0.5, 0.6) is 17.2 Å². The number of nitrogens with zero attached hydrogens (tertiary/aromatic N) is 2. The second-order valence-electron chi connectivity index (χ2n) is 8.43. The van der Waals surface area contributed by atoms with Crippen molar-refractivity contribution in [3.8, 4) is 17.2 Å². The van der Waals surface area contributed by atoms with E-state index in [0.29, 0.717) is 19.9 Å². The minimum Gasteiger partial charge on any atom is -0.491 e. The van der Waals surface area contributed by atoms with Crippen molar-refractivity contribution in [2.75, 3.05) is 46.1 Å². The number of rotatable bonds is 7. The van der Waals surface area contributed by atoms with Gasteiger partial charge in [0, 0.05) is 39.3 Å². The van der Waals surface area contributed by atoms with Gasteiger partial charge in [-0.15, -0.1) is 24.8 Å². The molecule has 0 amide bonds. The minimum absolute atomic E-state index is 0. The molecule has 8 heteroatoms. The Morgan fingerprint density at radius 1 is 0.938 bits per heavy atom. The van der Waals surface area contributed by atoms with E-state index in [1.165, 1.54) is 16.7 Å². The lowest BCUT2D eigenvalue weighted by molar-refractivity contribution is 0.0444. The Hall–Kier alpha value is -1.70. The highest BCUT2D eigenvalue weighted by Crippen LogP contribution is 2.32. The summed E-state index contributed by atoms with van der Waals surface area (Å²) < 4.78 is 16.8. The fourth-order valence-corrected chi connectivity index (χ4v) is 4.11. The number of piperazine rings is 1. The third-order valence-electron chi connectivity index (χ3n) is 5.97. The highest BCUT2D eigenvalue weighted by atomic mass is 35.5. The van der Waals surface area contributed by atoms with Crippen LogP contribution in [0.1, 0.15) is 22.3 Å².